The van der Waals surface area contributed by atoms with E-state index in [1.807, 2.05) is 0 Å². The maximum Gasteiger partial charge on any atom is 0.320 e. The van der Waals surface area contributed by atoms with Crippen molar-refractivity contribution in [1.82, 2.24) is 4.98 Å². The average Bonchev–Trinajstić information content (AvgIpc) is 2.44. The Morgan fingerprint density at radius 2 is 1.86 bits per heavy atom. The van der Waals surface area contributed by atoms with E-state index in [2.05, 4.69) is 10.3 Å². The van der Waals surface area contributed by atoms with E-state index in [0.717, 1.165) is 0 Å². The second-order valence-corrected chi connectivity index (χ2v) is 4.75. The number of rotatable bonds is 4. The van der Waals surface area contributed by atoms with Crippen LogP contribution in [0.2, 0.25) is 0 Å². The molecule has 1 heterocycles. The van der Waals surface area contributed by atoms with Crippen LogP contribution in [0.5, 0.6) is 5.75 Å². The van der Waals surface area contributed by atoms with Gasteiger partial charge in [0.1, 0.15) is 11.4 Å². The number of aromatic amines is 1. The maximum absolute atomic E-state index is 12.2. The molecule has 1 aromatic heterocycles. The molecule has 4 N–H and O–H groups in total. The van der Waals surface area contributed by atoms with Crippen LogP contribution in [-0.4, -0.2) is 27.1 Å². The van der Waals surface area contributed by atoms with Crippen LogP contribution in [0.3, 0.4) is 0 Å². The summed E-state index contributed by atoms with van der Waals surface area (Å²) in [7, 11) is 0. The SMILES string of the molecule is Cc1cc(=O)c(NC(=O)[C@H](C(=O)O)c2ccc(O)cc2)c[nH]1. The second-order valence-electron chi connectivity index (χ2n) is 4.75. The lowest BCUT2D eigenvalue weighted by Gasteiger charge is -2.13. The number of phenols is 1. The van der Waals surface area contributed by atoms with Gasteiger partial charge >= 0.3 is 5.97 Å². The van der Waals surface area contributed by atoms with Crippen molar-refractivity contribution in [3.05, 3.63) is 58.0 Å². The van der Waals surface area contributed by atoms with E-state index >= 15 is 0 Å². The highest BCUT2D eigenvalue weighted by Gasteiger charge is 2.28. The van der Waals surface area contributed by atoms with Gasteiger partial charge in [-0.05, 0) is 24.6 Å². The molecule has 1 aromatic carbocycles. The average molecular weight is 302 g/mol. The first-order valence-electron chi connectivity index (χ1n) is 6.40. The molecule has 0 bridgehead atoms. The van der Waals surface area contributed by atoms with Crippen molar-refractivity contribution in [1.29, 1.82) is 0 Å². The topological polar surface area (TPSA) is 119 Å². The fourth-order valence-electron chi connectivity index (χ4n) is 1.95. The number of carbonyl (C=O) groups excluding carboxylic acids is 1. The van der Waals surface area contributed by atoms with Crippen LogP contribution in [0.4, 0.5) is 5.69 Å². The largest absolute Gasteiger partial charge is 0.508 e. The summed E-state index contributed by atoms with van der Waals surface area (Å²) in [4.78, 5) is 38.0. The Labute approximate surface area is 125 Å². The molecule has 0 unspecified atom stereocenters. The second kappa shape index (κ2) is 6.13. The van der Waals surface area contributed by atoms with Gasteiger partial charge in [-0.1, -0.05) is 12.1 Å². The first-order valence-corrected chi connectivity index (χ1v) is 6.40. The van der Waals surface area contributed by atoms with Crippen LogP contribution in [0.1, 0.15) is 17.2 Å². The Morgan fingerprint density at radius 1 is 1.23 bits per heavy atom. The van der Waals surface area contributed by atoms with Crippen molar-refractivity contribution in [2.75, 3.05) is 5.32 Å². The van der Waals surface area contributed by atoms with E-state index in [9.17, 15) is 24.6 Å². The number of hydrogen-bond donors (Lipinski definition) is 4. The summed E-state index contributed by atoms with van der Waals surface area (Å²) >= 11 is 0. The van der Waals surface area contributed by atoms with E-state index < -0.39 is 23.2 Å². The Balaban J connectivity index is 2.29. The van der Waals surface area contributed by atoms with Crippen LogP contribution >= 0.6 is 0 Å². The highest BCUT2D eigenvalue weighted by atomic mass is 16.4. The molecule has 1 atom stereocenters. The standard InChI is InChI=1S/C15H14N2O5/c1-8-6-12(19)11(7-16-8)17-14(20)13(15(21)22)9-2-4-10(18)5-3-9/h2-7,13,18H,1H3,(H,16,19)(H,17,20)(H,21,22)/t13-/m1/s1. The zero-order valence-corrected chi connectivity index (χ0v) is 11.7. The number of aromatic nitrogens is 1. The normalized spacial score (nSPS) is 11.7. The van der Waals surface area contributed by atoms with Crippen LogP contribution in [-0.2, 0) is 9.59 Å². The third-order valence-corrected chi connectivity index (χ3v) is 3.05. The number of benzene rings is 1. The number of aryl methyl sites for hydroxylation is 1. The van der Waals surface area contributed by atoms with E-state index in [-0.39, 0.29) is 17.0 Å². The van der Waals surface area contributed by atoms with Gasteiger partial charge < -0.3 is 20.5 Å². The molecule has 114 valence electrons. The third kappa shape index (κ3) is 3.32. The van der Waals surface area contributed by atoms with Crippen molar-refractivity contribution >= 4 is 17.6 Å². The lowest BCUT2D eigenvalue weighted by Crippen LogP contribution is -2.29. The molecular formula is C15H14N2O5. The summed E-state index contributed by atoms with van der Waals surface area (Å²) in [6.07, 6.45) is 1.31. The smallest absolute Gasteiger partial charge is 0.320 e. The summed E-state index contributed by atoms with van der Waals surface area (Å²) in [5, 5.41) is 20.8. The Bertz CT molecular complexity index is 764. The predicted molar refractivity (Wildman–Crippen MR) is 78.9 cm³/mol. The molecule has 7 nitrogen and oxygen atoms in total. The Hall–Kier alpha value is -3.09. The molecular weight excluding hydrogens is 288 g/mol. The predicted octanol–water partition coefficient (Wildman–Crippen LogP) is 1.20. The number of anilines is 1. The minimum Gasteiger partial charge on any atom is -0.508 e. The van der Waals surface area contributed by atoms with E-state index in [0.29, 0.717) is 5.69 Å². The maximum atomic E-state index is 12.2. The van der Waals surface area contributed by atoms with Gasteiger partial charge in [0.15, 0.2) is 5.92 Å². The van der Waals surface area contributed by atoms with Crippen molar-refractivity contribution < 1.29 is 19.8 Å². The van der Waals surface area contributed by atoms with E-state index in [4.69, 9.17) is 0 Å². The zero-order valence-electron chi connectivity index (χ0n) is 11.7. The van der Waals surface area contributed by atoms with E-state index in [1.165, 1.54) is 36.5 Å². The molecule has 0 saturated heterocycles. The van der Waals surface area contributed by atoms with Crippen LogP contribution < -0.4 is 10.7 Å². The molecule has 0 saturated carbocycles. The van der Waals surface area contributed by atoms with Gasteiger partial charge in [0.2, 0.25) is 11.3 Å². The number of pyridine rings is 1. The minimum absolute atomic E-state index is 0.0272. The molecule has 0 aliphatic rings. The lowest BCUT2D eigenvalue weighted by molar-refractivity contribution is -0.141. The van der Waals surface area contributed by atoms with E-state index in [1.54, 1.807) is 6.92 Å². The first-order chi connectivity index (χ1) is 10.4. The molecule has 7 heteroatoms. The third-order valence-electron chi connectivity index (χ3n) is 3.05. The number of H-pyrrole nitrogens is 1. The number of carboxylic acids is 1. The number of hydrogen-bond acceptors (Lipinski definition) is 4. The van der Waals surface area contributed by atoms with Gasteiger partial charge in [-0.15, -0.1) is 0 Å². The zero-order chi connectivity index (χ0) is 16.3. The Kier molecular flexibility index (Phi) is 4.26. The number of nitrogens with one attached hydrogen (secondary N) is 2. The number of aliphatic carboxylic acids is 1. The Morgan fingerprint density at radius 3 is 2.41 bits per heavy atom. The number of aromatic hydroxyl groups is 1. The van der Waals surface area contributed by atoms with Gasteiger partial charge in [0.25, 0.3) is 0 Å². The lowest BCUT2D eigenvalue weighted by atomic mass is 9.98. The fraction of sp³-hybridized carbons (Fsp3) is 0.133. The molecule has 0 spiro atoms. The summed E-state index contributed by atoms with van der Waals surface area (Å²) in [5.74, 6) is -3.72. The summed E-state index contributed by atoms with van der Waals surface area (Å²) < 4.78 is 0. The first kappa shape index (κ1) is 15.3. The van der Waals surface area contributed by atoms with Crippen molar-refractivity contribution in [2.45, 2.75) is 12.8 Å². The summed E-state index contributed by atoms with van der Waals surface area (Å²) in [5.41, 5.74) is 0.378. The molecule has 22 heavy (non-hydrogen) atoms. The molecule has 0 radical (unpaired) electrons. The molecule has 2 aromatic rings. The minimum atomic E-state index is -1.48. The van der Waals surface area contributed by atoms with Crippen LogP contribution in [0.25, 0.3) is 0 Å². The number of amides is 1. The van der Waals surface area contributed by atoms with Gasteiger partial charge in [-0.3, -0.25) is 14.4 Å². The van der Waals surface area contributed by atoms with Crippen molar-refractivity contribution in [3.63, 3.8) is 0 Å². The quantitative estimate of drug-likeness (QED) is 0.633. The van der Waals surface area contributed by atoms with Crippen LogP contribution in [0.15, 0.2) is 41.3 Å². The molecule has 0 fully saturated rings. The highest BCUT2D eigenvalue weighted by molar-refractivity contribution is 6.08. The molecule has 0 aliphatic carbocycles. The molecule has 1 amide bonds. The van der Waals surface area contributed by atoms with Crippen molar-refractivity contribution in [3.8, 4) is 5.75 Å². The summed E-state index contributed by atoms with van der Waals surface area (Å²) in [6, 6.07) is 6.56. The molecule has 0 aliphatic heterocycles. The summed E-state index contributed by atoms with van der Waals surface area (Å²) in [6.45, 7) is 1.68. The van der Waals surface area contributed by atoms with Gasteiger partial charge in [0.05, 0.1) is 0 Å². The number of phenolic OH excluding ortho intramolecular Hbond substituents is 1. The fourth-order valence-corrected chi connectivity index (χ4v) is 1.95. The number of carboxylic acid groups (broad SMARTS) is 1. The highest BCUT2D eigenvalue weighted by Crippen LogP contribution is 2.20. The number of carbonyl (C=O) groups is 2. The van der Waals surface area contributed by atoms with Gasteiger partial charge in [-0.25, -0.2) is 0 Å². The molecule has 2 rings (SSSR count). The van der Waals surface area contributed by atoms with Gasteiger partial charge in [0, 0.05) is 18.0 Å². The van der Waals surface area contributed by atoms with Crippen molar-refractivity contribution in [2.24, 2.45) is 0 Å². The van der Waals surface area contributed by atoms with Gasteiger partial charge in [-0.2, -0.15) is 0 Å². The van der Waals surface area contributed by atoms with Crippen LogP contribution in [0, 0.1) is 6.92 Å². The monoisotopic (exact) mass is 302 g/mol.